The lowest BCUT2D eigenvalue weighted by Gasteiger charge is -2.10. The summed E-state index contributed by atoms with van der Waals surface area (Å²) in [6, 6.07) is 8.69. The molecule has 1 atom stereocenters. The van der Waals surface area contributed by atoms with Crippen LogP contribution in [0.3, 0.4) is 0 Å². The molecule has 0 heterocycles. The Morgan fingerprint density at radius 2 is 2.13 bits per heavy atom. The fraction of sp³-hybridized carbons (Fsp3) is 0.200. The van der Waals surface area contributed by atoms with Crippen molar-refractivity contribution in [1.29, 1.82) is 5.26 Å². The van der Waals surface area contributed by atoms with Crippen LogP contribution in [-0.4, -0.2) is 10.0 Å². The Balaban J connectivity index is 2.58. The van der Waals surface area contributed by atoms with Crippen LogP contribution in [0.25, 0.3) is 0 Å². The largest absolute Gasteiger partial charge is 0.480 e. The van der Waals surface area contributed by atoms with Gasteiger partial charge in [-0.1, -0.05) is 0 Å². The molecule has 0 aromatic heterocycles. The molecule has 1 aromatic carbocycles. The van der Waals surface area contributed by atoms with Crippen LogP contribution in [0.4, 0.5) is 0 Å². The number of primary amides is 1. The van der Waals surface area contributed by atoms with Crippen LogP contribution in [0.15, 0.2) is 24.3 Å². The minimum Gasteiger partial charge on any atom is -0.480 e. The Bertz CT molecular complexity index is 383. The van der Waals surface area contributed by atoms with Crippen molar-refractivity contribution < 1.29 is 9.53 Å². The number of rotatable bonds is 4. The second-order valence-corrected chi connectivity index (χ2v) is 4.22. The second kappa shape index (κ2) is 5.56. The summed E-state index contributed by atoms with van der Waals surface area (Å²) in [5.74, 6) is 0.220. The van der Waals surface area contributed by atoms with Gasteiger partial charge in [-0.3, -0.25) is 4.79 Å². The Morgan fingerprint density at radius 3 is 2.60 bits per heavy atom. The fourth-order valence-corrected chi connectivity index (χ4v) is 1.68. The third-order valence-corrected chi connectivity index (χ3v) is 2.30. The molecule has 0 aliphatic heterocycles. The molecule has 0 radical (unpaired) electrons. The molecule has 5 heteroatoms. The number of nitriles is 1. The van der Waals surface area contributed by atoms with Gasteiger partial charge in [-0.2, -0.15) is 5.26 Å². The number of carbonyl (C=O) groups excluding carboxylic acids is 1. The zero-order valence-corrected chi connectivity index (χ0v) is 9.97. The average Bonchev–Trinajstić information content (AvgIpc) is 2.17. The fourth-order valence-electron chi connectivity index (χ4n) is 0.956. The van der Waals surface area contributed by atoms with E-state index in [4.69, 9.17) is 15.7 Å². The third kappa shape index (κ3) is 4.16. The lowest BCUT2D eigenvalue weighted by molar-refractivity contribution is -0.118. The third-order valence-electron chi connectivity index (χ3n) is 1.61. The van der Waals surface area contributed by atoms with Crippen molar-refractivity contribution in [2.45, 2.75) is 10.5 Å². The first-order valence-corrected chi connectivity index (χ1v) is 5.45. The number of amides is 1. The number of nitrogens with two attached hydrogens (primary N) is 1. The number of hydrogen-bond acceptors (Lipinski definition) is 3. The lowest BCUT2D eigenvalue weighted by Crippen LogP contribution is -2.19. The molecule has 1 rings (SSSR count). The van der Waals surface area contributed by atoms with E-state index < -0.39 is 5.91 Å². The van der Waals surface area contributed by atoms with Gasteiger partial charge in [0, 0.05) is 0 Å². The van der Waals surface area contributed by atoms with Crippen LogP contribution in [0, 0.1) is 11.3 Å². The van der Waals surface area contributed by atoms with Crippen molar-refractivity contribution >= 4 is 28.5 Å². The predicted octanol–water partition coefficient (Wildman–Crippen LogP) is 1.57. The van der Waals surface area contributed by atoms with E-state index in [-0.39, 0.29) is 10.5 Å². The normalized spacial score (nSPS) is 11.5. The summed E-state index contributed by atoms with van der Waals surface area (Å²) in [6.07, 6.45) is 0.167. The maximum Gasteiger partial charge on any atom is 0.221 e. The molecule has 0 saturated heterocycles. The van der Waals surface area contributed by atoms with E-state index in [2.05, 4.69) is 0 Å². The van der Waals surface area contributed by atoms with Gasteiger partial charge in [0.1, 0.15) is 5.75 Å². The summed E-state index contributed by atoms with van der Waals surface area (Å²) in [6.45, 7) is 0. The zero-order valence-electron chi connectivity index (χ0n) is 7.81. The molecular formula is C10H9IN2O2. The first-order valence-electron chi connectivity index (χ1n) is 4.21. The number of hydrogen-bond donors (Lipinski definition) is 1. The van der Waals surface area contributed by atoms with Gasteiger partial charge in [0.05, 0.1) is 18.1 Å². The first-order chi connectivity index (χ1) is 7.11. The van der Waals surface area contributed by atoms with Crippen LogP contribution >= 0.6 is 22.6 Å². The molecule has 0 aliphatic rings. The van der Waals surface area contributed by atoms with E-state index in [9.17, 15) is 4.79 Å². The molecule has 0 spiro atoms. The smallest absolute Gasteiger partial charge is 0.221 e. The van der Waals surface area contributed by atoms with Crippen LogP contribution in [0.5, 0.6) is 5.75 Å². The molecule has 0 bridgehead atoms. The van der Waals surface area contributed by atoms with Gasteiger partial charge >= 0.3 is 0 Å². The highest BCUT2D eigenvalue weighted by molar-refractivity contribution is 14.1. The summed E-state index contributed by atoms with van der Waals surface area (Å²) < 4.78 is 5.12. The summed E-state index contributed by atoms with van der Waals surface area (Å²) in [7, 11) is 0. The molecule has 0 aliphatic carbocycles. The Kier molecular flexibility index (Phi) is 4.37. The number of carbonyl (C=O) groups is 1. The molecule has 1 amide bonds. The quantitative estimate of drug-likeness (QED) is 0.677. The Labute approximate surface area is 101 Å². The number of benzene rings is 1. The van der Waals surface area contributed by atoms with Crippen LogP contribution in [0.1, 0.15) is 12.0 Å². The van der Waals surface area contributed by atoms with Crippen molar-refractivity contribution in [3.8, 4) is 11.8 Å². The van der Waals surface area contributed by atoms with E-state index in [1.807, 2.05) is 28.7 Å². The molecule has 15 heavy (non-hydrogen) atoms. The minimum atomic E-state index is -0.400. The summed E-state index contributed by atoms with van der Waals surface area (Å²) in [5, 5.41) is 8.58. The van der Waals surface area contributed by atoms with Gasteiger partial charge in [-0.05, 0) is 46.9 Å². The van der Waals surface area contributed by atoms with E-state index in [1.54, 1.807) is 24.3 Å². The monoisotopic (exact) mass is 316 g/mol. The molecule has 4 nitrogen and oxygen atoms in total. The maximum absolute atomic E-state index is 10.6. The summed E-state index contributed by atoms with van der Waals surface area (Å²) in [4.78, 5) is 10.6. The van der Waals surface area contributed by atoms with Crippen molar-refractivity contribution in [2.24, 2.45) is 5.73 Å². The summed E-state index contributed by atoms with van der Waals surface area (Å²) in [5.41, 5.74) is 5.60. The van der Waals surface area contributed by atoms with E-state index in [0.717, 1.165) is 0 Å². The van der Waals surface area contributed by atoms with Crippen LogP contribution < -0.4 is 10.5 Å². The molecule has 78 valence electrons. The van der Waals surface area contributed by atoms with Gasteiger partial charge in [-0.15, -0.1) is 0 Å². The van der Waals surface area contributed by atoms with Crippen molar-refractivity contribution in [3.05, 3.63) is 29.8 Å². The number of halogens is 1. The van der Waals surface area contributed by atoms with Crippen molar-refractivity contribution in [1.82, 2.24) is 0 Å². The lowest BCUT2D eigenvalue weighted by atomic mass is 10.2. The van der Waals surface area contributed by atoms with Gasteiger partial charge in [0.15, 0.2) is 4.11 Å². The van der Waals surface area contributed by atoms with Crippen molar-refractivity contribution in [3.63, 3.8) is 0 Å². The molecule has 1 unspecified atom stereocenters. The van der Waals surface area contributed by atoms with Gasteiger partial charge in [-0.25, -0.2) is 0 Å². The molecule has 2 N–H and O–H groups in total. The number of ether oxygens (including phenoxy) is 1. The van der Waals surface area contributed by atoms with E-state index in [1.165, 1.54) is 0 Å². The maximum atomic E-state index is 10.6. The van der Waals surface area contributed by atoms with Gasteiger partial charge in [0.25, 0.3) is 0 Å². The average molecular weight is 316 g/mol. The molecule has 1 aromatic rings. The van der Waals surface area contributed by atoms with Gasteiger partial charge in [0.2, 0.25) is 5.91 Å². The molecular weight excluding hydrogens is 307 g/mol. The SMILES string of the molecule is N#Cc1ccc(OC(I)CC(N)=O)cc1. The van der Waals surface area contributed by atoms with E-state index >= 15 is 0 Å². The highest BCUT2D eigenvalue weighted by atomic mass is 127. The topological polar surface area (TPSA) is 76.1 Å². The minimum absolute atomic E-state index is 0.167. The first kappa shape index (κ1) is 11.8. The van der Waals surface area contributed by atoms with Gasteiger partial charge < -0.3 is 10.5 Å². The number of nitrogens with zero attached hydrogens (tertiary/aromatic N) is 1. The highest BCUT2D eigenvalue weighted by Gasteiger charge is 2.08. The molecule has 0 saturated carbocycles. The summed E-state index contributed by atoms with van der Waals surface area (Å²) >= 11 is 1.99. The zero-order chi connectivity index (χ0) is 11.3. The standard InChI is InChI=1S/C10H9IN2O2/c11-9(5-10(13)14)15-8-3-1-7(6-12)2-4-8/h1-4,9H,5H2,(H2,13,14). The van der Waals surface area contributed by atoms with Crippen LogP contribution in [0.2, 0.25) is 0 Å². The molecule has 0 fully saturated rings. The predicted molar refractivity (Wildman–Crippen MR) is 63.4 cm³/mol. The van der Waals surface area contributed by atoms with Crippen molar-refractivity contribution in [2.75, 3.05) is 0 Å². The van der Waals surface area contributed by atoms with E-state index in [0.29, 0.717) is 11.3 Å². The Hall–Kier alpha value is -1.29. The van der Waals surface area contributed by atoms with Crippen LogP contribution in [-0.2, 0) is 4.79 Å². The Morgan fingerprint density at radius 1 is 1.53 bits per heavy atom. The second-order valence-electron chi connectivity index (χ2n) is 2.83. The highest BCUT2D eigenvalue weighted by Crippen LogP contribution is 2.17. The number of alkyl halides is 1.